The molecule has 1 unspecified atom stereocenters. The average molecular weight is 259 g/mol. The summed E-state index contributed by atoms with van der Waals surface area (Å²) < 4.78 is 1.86. The molecule has 19 heavy (non-hydrogen) atoms. The fourth-order valence-electron chi connectivity index (χ4n) is 2.32. The van der Waals surface area contributed by atoms with Crippen molar-refractivity contribution in [1.82, 2.24) is 15.1 Å². The maximum atomic E-state index is 9.52. The summed E-state index contributed by atoms with van der Waals surface area (Å²) in [6.45, 7) is 2.21. The summed E-state index contributed by atoms with van der Waals surface area (Å²) in [6.07, 6.45) is 2.61. The molecule has 1 aromatic carbocycles. The number of aryl methyl sites for hydroxylation is 1. The van der Waals surface area contributed by atoms with Crippen LogP contribution >= 0.6 is 0 Å². The first kappa shape index (κ1) is 13.8. The van der Waals surface area contributed by atoms with E-state index in [0.29, 0.717) is 0 Å². The number of aliphatic hydroxyl groups excluding tert-OH is 1. The van der Waals surface area contributed by atoms with Crippen LogP contribution < -0.4 is 5.32 Å². The molecule has 0 saturated carbocycles. The third-order valence-electron chi connectivity index (χ3n) is 3.33. The van der Waals surface area contributed by atoms with E-state index in [2.05, 4.69) is 29.5 Å². The van der Waals surface area contributed by atoms with Crippen molar-refractivity contribution in [2.75, 3.05) is 6.61 Å². The van der Waals surface area contributed by atoms with Gasteiger partial charge in [-0.2, -0.15) is 5.10 Å². The van der Waals surface area contributed by atoms with Crippen LogP contribution in [-0.4, -0.2) is 27.5 Å². The van der Waals surface area contributed by atoms with Crippen molar-refractivity contribution < 1.29 is 5.11 Å². The molecule has 2 atom stereocenters. The van der Waals surface area contributed by atoms with Crippen molar-refractivity contribution in [3.05, 3.63) is 53.9 Å². The molecule has 0 spiro atoms. The smallest absolute Gasteiger partial charge is 0.0588 e. The SMILES string of the molecule is CC(N[C@@H](CO)Cc1ccccc1)c1ccnn1C. The second-order valence-electron chi connectivity index (χ2n) is 4.84. The molecule has 0 fully saturated rings. The van der Waals surface area contributed by atoms with Crippen molar-refractivity contribution in [1.29, 1.82) is 0 Å². The fourth-order valence-corrected chi connectivity index (χ4v) is 2.32. The lowest BCUT2D eigenvalue weighted by molar-refractivity contribution is 0.231. The minimum atomic E-state index is 0.0484. The second-order valence-corrected chi connectivity index (χ2v) is 4.84. The summed E-state index contributed by atoms with van der Waals surface area (Å²) in [7, 11) is 1.93. The summed E-state index contributed by atoms with van der Waals surface area (Å²) >= 11 is 0. The quantitative estimate of drug-likeness (QED) is 0.829. The molecule has 1 heterocycles. The van der Waals surface area contributed by atoms with E-state index in [1.807, 2.05) is 36.0 Å². The zero-order valence-corrected chi connectivity index (χ0v) is 11.5. The molecule has 0 bridgehead atoms. The molecule has 2 aromatic rings. The van der Waals surface area contributed by atoms with Crippen LogP contribution in [0.4, 0.5) is 0 Å². The van der Waals surface area contributed by atoms with E-state index in [9.17, 15) is 5.11 Å². The van der Waals surface area contributed by atoms with Crippen LogP contribution in [0.25, 0.3) is 0 Å². The van der Waals surface area contributed by atoms with Gasteiger partial charge in [-0.1, -0.05) is 30.3 Å². The molecule has 4 nitrogen and oxygen atoms in total. The van der Waals surface area contributed by atoms with Gasteiger partial charge in [-0.05, 0) is 25.0 Å². The Kier molecular flexibility index (Phi) is 4.71. The lowest BCUT2D eigenvalue weighted by Crippen LogP contribution is -2.37. The number of rotatable bonds is 6. The summed E-state index contributed by atoms with van der Waals surface area (Å²) in [5.41, 5.74) is 2.35. The van der Waals surface area contributed by atoms with E-state index in [-0.39, 0.29) is 18.7 Å². The van der Waals surface area contributed by atoms with Gasteiger partial charge in [0.15, 0.2) is 0 Å². The predicted molar refractivity (Wildman–Crippen MR) is 75.8 cm³/mol. The van der Waals surface area contributed by atoms with E-state index in [4.69, 9.17) is 0 Å². The second kappa shape index (κ2) is 6.50. The third kappa shape index (κ3) is 3.66. The maximum absolute atomic E-state index is 9.52. The largest absolute Gasteiger partial charge is 0.395 e. The minimum Gasteiger partial charge on any atom is -0.395 e. The normalized spacial score (nSPS) is 14.3. The lowest BCUT2D eigenvalue weighted by Gasteiger charge is -2.22. The Hall–Kier alpha value is -1.65. The molecule has 1 aromatic heterocycles. The Bertz CT molecular complexity index is 495. The van der Waals surface area contributed by atoms with Gasteiger partial charge in [0.2, 0.25) is 0 Å². The Balaban J connectivity index is 1.98. The van der Waals surface area contributed by atoms with E-state index < -0.39 is 0 Å². The van der Waals surface area contributed by atoms with Crippen LogP contribution in [-0.2, 0) is 13.5 Å². The van der Waals surface area contributed by atoms with Crippen molar-refractivity contribution in [2.24, 2.45) is 7.05 Å². The number of benzene rings is 1. The molecule has 0 amide bonds. The molecule has 0 aliphatic heterocycles. The van der Waals surface area contributed by atoms with E-state index in [1.165, 1.54) is 5.56 Å². The number of aliphatic hydroxyl groups is 1. The van der Waals surface area contributed by atoms with Crippen LogP contribution in [0.15, 0.2) is 42.6 Å². The van der Waals surface area contributed by atoms with Gasteiger partial charge in [0.1, 0.15) is 0 Å². The fraction of sp³-hybridized carbons (Fsp3) is 0.400. The number of hydrogen-bond acceptors (Lipinski definition) is 3. The molecule has 2 N–H and O–H groups in total. The zero-order valence-electron chi connectivity index (χ0n) is 11.5. The zero-order chi connectivity index (χ0) is 13.7. The van der Waals surface area contributed by atoms with Gasteiger partial charge in [0.25, 0.3) is 0 Å². The van der Waals surface area contributed by atoms with Gasteiger partial charge >= 0.3 is 0 Å². The highest BCUT2D eigenvalue weighted by Crippen LogP contribution is 2.12. The first-order chi connectivity index (χ1) is 9.20. The molecule has 0 aliphatic rings. The molecule has 0 aliphatic carbocycles. The first-order valence-electron chi connectivity index (χ1n) is 6.59. The van der Waals surface area contributed by atoms with Crippen LogP contribution in [0, 0.1) is 0 Å². The van der Waals surface area contributed by atoms with Gasteiger partial charge in [-0.25, -0.2) is 0 Å². The molecule has 4 heteroatoms. The Morgan fingerprint density at radius 1 is 1.26 bits per heavy atom. The highest BCUT2D eigenvalue weighted by molar-refractivity contribution is 5.16. The van der Waals surface area contributed by atoms with Crippen molar-refractivity contribution in [3.63, 3.8) is 0 Å². The van der Waals surface area contributed by atoms with E-state index in [0.717, 1.165) is 12.1 Å². The van der Waals surface area contributed by atoms with E-state index in [1.54, 1.807) is 6.20 Å². The Labute approximate surface area is 114 Å². The van der Waals surface area contributed by atoms with Gasteiger partial charge in [-0.3, -0.25) is 4.68 Å². The Morgan fingerprint density at radius 3 is 2.58 bits per heavy atom. The van der Waals surface area contributed by atoms with Gasteiger partial charge in [0, 0.05) is 25.3 Å². The Morgan fingerprint density at radius 2 is 2.00 bits per heavy atom. The van der Waals surface area contributed by atoms with Crippen molar-refractivity contribution in [2.45, 2.75) is 25.4 Å². The monoisotopic (exact) mass is 259 g/mol. The minimum absolute atomic E-state index is 0.0484. The molecular formula is C15H21N3O. The summed E-state index contributed by atoms with van der Waals surface area (Å²) in [4.78, 5) is 0. The highest BCUT2D eigenvalue weighted by atomic mass is 16.3. The predicted octanol–water partition coefficient (Wildman–Crippen LogP) is 1.67. The summed E-state index contributed by atoms with van der Waals surface area (Å²) in [5, 5.41) is 17.1. The van der Waals surface area contributed by atoms with Crippen molar-refractivity contribution >= 4 is 0 Å². The van der Waals surface area contributed by atoms with Crippen LogP contribution in [0.5, 0.6) is 0 Å². The molecule has 102 valence electrons. The third-order valence-corrected chi connectivity index (χ3v) is 3.33. The molecule has 0 saturated heterocycles. The topological polar surface area (TPSA) is 50.1 Å². The lowest BCUT2D eigenvalue weighted by atomic mass is 10.1. The number of nitrogens with zero attached hydrogens (tertiary/aromatic N) is 2. The van der Waals surface area contributed by atoms with Crippen LogP contribution in [0.1, 0.15) is 24.2 Å². The van der Waals surface area contributed by atoms with E-state index >= 15 is 0 Å². The van der Waals surface area contributed by atoms with Crippen LogP contribution in [0.3, 0.4) is 0 Å². The number of hydrogen-bond donors (Lipinski definition) is 2. The highest BCUT2D eigenvalue weighted by Gasteiger charge is 2.15. The van der Waals surface area contributed by atoms with Gasteiger partial charge < -0.3 is 10.4 Å². The van der Waals surface area contributed by atoms with Gasteiger partial charge in [0.05, 0.1) is 12.3 Å². The van der Waals surface area contributed by atoms with Crippen LogP contribution in [0.2, 0.25) is 0 Å². The average Bonchev–Trinajstić information content (AvgIpc) is 2.85. The van der Waals surface area contributed by atoms with Gasteiger partial charge in [-0.15, -0.1) is 0 Å². The summed E-state index contributed by atoms with van der Waals surface area (Å²) in [5.74, 6) is 0. The molecule has 0 radical (unpaired) electrons. The summed E-state index contributed by atoms with van der Waals surface area (Å²) in [6, 6.07) is 12.4. The van der Waals surface area contributed by atoms with Crippen molar-refractivity contribution in [3.8, 4) is 0 Å². The number of nitrogens with one attached hydrogen (secondary N) is 1. The molecule has 2 rings (SSSR count). The molecular weight excluding hydrogens is 238 g/mol. The number of aromatic nitrogens is 2. The first-order valence-corrected chi connectivity index (χ1v) is 6.59. The standard InChI is InChI=1S/C15H21N3O/c1-12(15-8-9-16-18(15)2)17-14(11-19)10-13-6-4-3-5-7-13/h3-9,12,14,17,19H,10-11H2,1-2H3/t12?,14-/m1/s1. The maximum Gasteiger partial charge on any atom is 0.0588 e.